The minimum atomic E-state index is 0. The second kappa shape index (κ2) is 5.66. The third-order valence-corrected chi connectivity index (χ3v) is 1.52. The molecule has 0 radical (unpaired) electrons. The van der Waals surface area contributed by atoms with Crippen molar-refractivity contribution in [3.63, 3.8) is 0 Å². The molecule has 1 aromatic heterocycles. The summed E-state index contributed by atoms with van der Waals surface area (Å²) in [5.74, 6) is 0. The minimum absolute atomic E-state index is 0. The van der Waals surface area contributed by atoms with Crippen LogP contribution < -0.4 is 5.73 Å². The Morgan fingerprint density at radius 2 is 2.18 bits per heavy atom. The first kappa shape index (κ1) is 13.6. The SMILES string of the molecule is Cl.Cl.Cn1cnc(Cl)c1CN. The van der Waals surface area contributed by atoms with Crippen LogP contribution >= 0.6 is 36.4 Å². The first-order chi connectivity index (χ1) is 4.25. The lowest BCUT2D eigenvalue weighted by Crippen LogP contribution is -2.02. The molecular formula is C5H10Cl3N3. The number of halogens is 3. The molecule has 1 rings (SSSR count). The Morgan fingerprint density at radius 3 is 2.36 bits per heavy atom. The van der Waals surface area contributed by atoms with Crippen LogP contribution in [-0.2, 0) is 13.6 Å². The van der Waals surface area contributed by atoms with E-state index < -0.39 is 0 Å². The highest BCUT2D eigenvalue weighted by Crippen LogP contribution is 2.10. The lowest BCUT2D eigenvalue weighted by molar-refractivity contribution is 0.821. The van der Waals surface area contributed by atoms with Crippen LogP contribution in [-0.4, -0.2) is 9.55 Å². The molecule has 11 heavy (non-hydrogen) atoms. The molecule has 3 nitrogen and oxygen atoms in total. The Kier molecular flexibility index (Phi) is 7.01. The van der Waals surface area contributed by atoms with Crippen LogP contribution in [0, 0.1) is 0 Å². The summed E-state index contributed by atoms with van der Waals surface area (Å²) in [6, 6.07) is 0. The van der Waals surface area contributed by atoms with E-state index in [1.165, 1.54) is 0 Å². The number of hydrogen-bond donors (Lipinski definition) is 1. The molecule has 0 saturated heterocycles. The van der Waals surface area contributed by atoms with Gasteiger partial charge in [-0.15, -0.1) is 24.8 Å². The first-order valence-corrected chi connectivity index (χ1v) is 2.99. The van der Waals surface area contributed by atoms with Gasteiger partial charge in [0.15, 0.2) is 5.15 Å². The molecule has 0 aliphatic heterocycles. The summed E-state index contributed by atoms with van der Waals surface area (Å²) in [6.45, 7) is 0.440. The Balaban J connectivity index is 0. The summed E-state index contributed by atoms with van der Waals surface area (Å²) >= 11 is 5.63. The fraction of sp³-hybridized carbons (Fsp3) is 0.400. The molecule has 0 atom stereocenters. The van der Waals surface area contributed by atoms with Crippen molar-refractivity contribution in [3.05, 3.63) is 17.2 Å². The number of nitrogens with zero attached hydrogens (tertiary/aromatic N) is 2. The summed E-state index contributed by atoms with van der Waals surface area (Å²) in [4.78, 5) is 3.84. The smallest absolute Gasteiger partial charge is 0.151 e. The predicted molar refractivity (Wildman–Crippen MR) is 50.6 cm³/mol. The van der Waals surface area contributed by atoms with E-state index in [-0.39, 0.29) is 24.8 Å². The second-order valence-electron chi connectivity index (χ2n) is 1.80. The van der Waals surface area contributed by atoms with Crippen LogP contribution in [0.4, 0.5) is 0 Å². The predicted octanol–water partition coefficient (Wildman–Crippen LogP) is 1.38. The molecule has 0 unspecified atom stereocenters. The Hall–Kier alpha value is 0.0400. The third kappa shape index (κ3) is 2.87. The van der Waals surface area contributed by atoms with Crippen LogP contribution in [0.3, 0.4) is 0 Å². The topological polar surface area (TPSA) is 43.8 Å². The van der Waals surface area contributed by atoms with Crippen LogP contribution in [0.1, 0.15) is 5.69 Å². The fourth-order valence-corrected chi connectivity index (χ4v) is 0.909. The number of aryl methyl sites for hydroxylation is 1. The van der Waals surface area contributed by atoms with Gasteiger partial charge >= 0.3 is 0 Å². The maximum Gasteiger partial charge on any atom is 0.151 e. The van der Waals surface area contributed by atoms with Crippen molar-refractivity contribution < 1.29 is 0 Å². The van der Waals surface area contributed by atoms with Crippen molar-refractivity contribution in [2.24, 2.45) is 12.8 Å². The van der Waals surface area contributed by atoms with E-state index >= 15 is 0 Å². The van der Waals surface area contributed by atoms with Crippen molar-refractivity contribution in [1.29, 1.82) is 0 Å². The molecule has 0 aliphatic carbocycles. The van der Waals surface area contributed by atoms with Gasteiger partial charge in [-0.05, 0) is 0 Å². The third-order valence-electron chi connectivity index (χ3n) is 1.20. The van der Waals surface area contributed by atoms with Crippen LogP contribution in [0.25, 0.3) is 0 Å². The number of aromatic nitrogens is 2. The number of hydrogen-bond acceptors (Lipinski definition) is 2. The van der Waals surface area contributed by atoms with Gasteiger partial charge in [-0.2, -0.15) is 0 Å². The van der Waals surface area contributed by atoms with Gasteiger partial charge in [0.1, 0.15) is 0 Å². The summed E-state index contributed by atoms with van der Waals surface area (Å²) < 4.78 is 1.81. The summed E-state index contributed by atoms with van der Waals surface area (Å²) in [5.41, 5.74) is 6.22. The average molecular weight is 219 g/mol. The van der Waals surface area contributed by atoms with Crippen molar-refractivity contribution >= 4 is 36.4 Å². The molecule has 0 amide bonds. The van der Waals surface area contributed by atoms with Crippen LogP contribution in [0.5, 0.6) is 0 Å². The van der Waals surface area contributed by atoms with Crippen molar-refractivity contribution in [2.45, 2.75) is 6.54 Å². The Labute approximate surface area is 82.7 Å². The first-order valence-electron chi connectivity index (χ1n) is 2.61. The number of nitrogens with two attached hydrogens (primary N) is 1. The van der Waals surface area contributed by atoms with Gasteiger partial charge in [0, 0.05) is 13.6 Å². The highest BCUT2D eigenvalue weighted by Gasteiger charge is 2.01. The van der Waals surface area contributed by atoms with Gasteiger partial charge < -0.3 is 10.3 Å². The Morgan fingerprint density at radius 1 is 1.64 bits per heavy atom. The lowest BCUT2D eigenvalue weighted by atomic mass is 10.5. The van der Waals surface area contributed by atoms with Crippen molar-refractivity contribution in [3.8, 4) is 0 Å². The standard InChI is InChI=1S/C5H8ClN3.2ClH/c1-9-3-8-5(6)4(9)2-7;;/h3H,2,7H2,1H3;2*1H. The zero-order chi connectivity index (χ0) is 6.85. The zero-order valence-electron chi connectivity index (χ0n) is 5.95. The summed E-state index contributed by atoms with van der Waals surface area (Å²) in [7, 11) is 1.86. The number of rotatable bonds is 1. The monoisotopic (exact) mass is 217 g/mol. The lowest BCUT2D eigenvalue weighted by Gasteiger charge is -1.95. The zero-order valence-corrected chi connectivity index (χ0v) is 8.34. The van der Waals surface area contributed by atoms with Crippen LogP contribution in [0.2, 0.25) is 5.15 Å². The molecule has 1 aromatic rings. The van der Waals surface area contributed by atoms with Crippen molar-refractivity contribution in [2.75, 3.05) is 0 Å². The van der Waals surface area contributed by atoms with E-state index in [0.29, 0.717) is 11.7 Å². The van der Waals surface area contributed by atoms with E-state index in [0.717, 1.165) is 5.69 Å². The van der Waals surface area contributed by atoms with E-state index in [1.807, 2.05) is 11.6 Å². The van der Waals surface area contributed by atoms with Gasteiger partial charge in [0.05, 0.1) is 12.0 Å². The molecule has 1 heterocycles. The fourth-order valence-electron chi connectivity index (χ4n) is 0.655. The molecule has 0 spiro atoms. The Bertz CT molecular complexity index is 191. The molecule has 0 aliphatic rings. The van der Waals surface area contributed by atoms with E-state index in [1.54, 1.807) is 6.33 Å². The molecule has 0 saturated carbocycles. The molecule has 2 N–H and O–H groups in total. The molecule has 66 valence electrons. The average Bonchev–Trinajstić information content (AvgIpc) is 2.12. The highest BCUT2D eigenvalue weighted by molar-refractivity contribution is 6.30. The normalized spacial score (nSPS) is 8.27. The summed E-state index contributed by atoms with van der Waals surface area (Å²) in [6.07, 6.45) is 1.64. The van der Waals surface area contributed by atoms with Gasteiger partial charge in [0.25, 0.3) is 0 Å². The highest BCUT2D eigenvalue weighted by atomic mass is 35.5. The van der Waals surface area contributed by atoms with Crippen molar-refractivity contribution in [1.82, 2.24) is 9.55 Å². The maximum atomic E-state index is 5.63. The van der Waals surface area contributed by atoms with E-state index in [4.69, 9.17) is 17.3 Å². The number of imidazole rings is 1. The van der Waals surface area contributed by atoms with E-state index in [2.05, 4.69) is 4.98 Å². The largest absolute Gasteiger partial charge is 0.335 e. The van der Waals surface area contributed by atoms with Gasteiger partial charge in [-0.3, -0.25) is 0 Å². The molecule has 0 fully saturated rings. The minimum Gasteiger partial charge on any atom is -0.335 e. The molecular weight excluding hydrogens is 208 g/mol. The molecule has 0 aromatic carbocycles. The van der Waals surface area contributed by atoms with Gasteiger partial charge in [-0.25, -0.2) is 4.98 Å². The van der Waals surface area contributed by atoms with Gasteiger partial charge in [-0.1, -0.05) is 11.6 Å². The van der Waals surface area contributed by atoms with Crippen LogP contribution in [0.15, 0.2) is 6.33 Å². The second-order valence-corrected chi connectivity index (χ2v) is 2.16. The quantitative estimate of drug-likeness (QED) is 0.774. The van der Waals surface area contributed by atoms with E-state index in [9.17, 15) is 0 Å². The summed E-state index contributed by atoms with van der Waals surface area (Å²) in [5, 5.41) is 0.500. The molecule has 0 bridgehead atoms. The van der Waals surface area contributed by atoms with Gasteiger partial charge in [0.2, 0.25) is 0 Å². The maximum absolute atomic E-state index is 5.63. The molecule has 6 heteroatoms.